The highest BCUT2D eigenvalue weighted by Crippen LogP contribution is 2.28. The summed E-state index contributed by atoms with van der Waals surface area (Å²) in [6.07, 6.45) is 0. The Morgan fingerprint density at radius 3 is 2.06 bits per heavy atom. The molecular weight excluding hydrogens is 222 g/mol. The Balaban J connectivity index is 2.08. The number of rotatable bonds is 2. The highest BCUT2D eigenvalue weighted by atomic mass is 19.3. The number of halogens is 2. The Morgan fingerprint density at radius 1 is 1.06 bits per heavy atom. The Labute approximate surface area is 101 Å². The monoisotopic (exact) mass is 239 g/mol. The zero-order chi connectivity index (χ0) is 12.5. The first-order valence-corrected chi connectivity index (χ1v) is 5.75. The van der Waals surface area contributed by atoms with E-state index in [1.165, 1.54) is 12.1 Å². The van der Waals surface area contributed by atoms with E-state index in [-0.39, 0.29) is 5.56 Å². The summed E-state index contributed by atoms with van der Waals surface area (Å²) in [7, 11) is 3.88. The van der Waals surface area contributed by atoms with Gasteiger partial charge in [-0.1, -0.05) is 12.1 Å². The molecule has 0 saturated carbocycles. The Kier molecular flexibility index (Phi) is 3.33. The molecule has 0 atom stereocenters. The molecule has 0 N–H and O–H groups in total. The van der Waals surface area contributed by atoms with Crippen molar-refractivity contribution in [1.29, 1.82) is 0 Å². The number of piperazine rings is 1. The van der Waals surface area contributed by atoms with E-state index in [9.17, 15) is 8.78 Å². The predicted octanol–water partition coefficient (Wildman–Crippen LogP) is 2.71. The Bertz CT molecular complexity index is 362. The molecule has 0 bridgehead atoms. The van der Waals surface area contributed by atoms with Gasteiger partial charge in [0.1, 0.15) is 0 Å². The molecule has 1 aliphatic heterocycles. The third-order valence-electron chi connectivity index (χ3n) is 3.11. The smallest absolute Gasteiger partial charge is 0.270 e. The van der Waals surface area contributed by atoms with Crippen LogP contribution in [0.2, 0.25) is 0 Å². The minimum absolute atomic E-state index is 0.0667. The summed E-state index contributed by atoms with van der Waals surface area (Å²) in [6.45, 7) is 4.53. The molecule has 1 heterocycles. The van der Waals surface area contributed by atoms with Crippen molar-refractivity contribution in [3.05, 3.63) is 36.9 Å². The summed E-state index contributed by atoms with van der Waals surface area (Å²) >= 11 is 0. The first-order chi connectivity index (χ1) is 7.97. The van der Waals surface area contributed by atoms with Crippen LogP contribution in [0.3, 0.4) is 0 Å². The molecule has 1 saturated heterocycles. The summed E-state index contributed by atoms with van der Waals surface area (Å²) in [5.41, 5.74) is 1.07. The van der Waals surface area contributed by atoms with Crippen molar-refractivity contribution >= 4 is 5.69 Å². The lowest BCUT2D eigenvalue weighted by Gasteiger charge is -2.38. The van der Waals surface area contributed by atoms with Gasteiger partial charge in [-0.15, -0.1) is 0 Å². The van der Waals surface area contributed by atoms with Gasteiger partial charge < -0.3 is 9.80 Å². The van der Waals surface area contributed by atoms with Crippen LogP contribution in [0.1, 0.15) is 12.5 Å². The van der Waals surface area contributed by atoms with Gasteiger partial charge in [-0.3, -0.25) is 7.05 Å². The van der Waals surface area contributed by atoms with Gasteiger partial charge in [-0.25, -0.2) is 8.78 Å². The van der Waals surface area contributed by atoms with E-state index in [1.807, 2.05) is 4.90 Å². The lowest BCUT2D eigenvalue weighted by molar-refractivity contribution is 0.0175. The summed E-state index contributed by atoms with van der Waals surface area (Å²) in [5.74, 6) is -2.76. The number of nitrogens with zero attached hydrogens (tertiary/aromatic N) is 2. The molecule has 2 nitrogen and oxygen atoms in total. The van der Waals surface area contributed by atoms with E-state index in [0.29, 0.717) is 0 Å². The Morgan fingerprint density at radius 2 is 1.59 bits per heavy atom. The molecule has 1 fully saturated rings. The zero-order valence-corrected chi connectivity index (χ0v) is 10.00. The number of hydrogen-bond donors (Lipinski definition) is 0. The van der Waals surface area contributed by atoms with E-state index in [2.05, 4.69) is 11.9 Å². The standard InChI is InChI=1S/C13H17F2N2/c1-13(14,15)11-3-5-12(6-4-11)17-9-7-16(2)8-10-17/h3-6H,2,7-10H2,1H3/q-1. The molecule has 94 valence electrons. The number of benzene rings is 1. The van der Waals surface area contributed by atoms with Gasteiger partial charge in [0, 0.05) is 31.3 Å². The molecule has 0 spiro atoms. The third kappa shape index (κ3) is 2.94. The number of hydrogen-bond acceptors (Lipinski definition) is 2. The van der Waals surface area contributed by atoms with Crippen molar-refractivity contribution in [2.24, 2.45) is 0 Å². The van der Waals surface area contributed by atoms with Crippen LogP contribution in [0.4, 0.5) is 14.5 Å². The quantitative estimate of drug-likeness (QED) is 0.732. The fourth-order valence-electron chi connectivity index (χ4n) is 1.97. The van der Waals surface area contributed by atoms with E-state index >= 15 is 0 Å². The molecule has 0 unspecified atom stereocenters. The third-order valence-corrected chi connectivity index (χ3v) is 3.11. The topological polar surface area (TPSA) is 6.48 Å². The van der Waals surface area contributed by atoms with Gasteiger partial charge in [-0.2, -0.15) is 0 Å². The second kappa shape index (κ2) is 4.61. The molecule has 0 aromatic heterocycles. The molecule has 1 aromatic rings. The molecular formula is C13H17F2N2-. The molecule has 0 amide bonds. The average molecular weight is 239 g/mol. The summed E-state index contributed by atoms with van der Waals surface area (Å²) in [4.78, 5) is 4.21. The maximum absolute atomic E-state index is 13.1. The molecule has 1 aliphatic rings. The SMILES string of the molecule is [CH2-]N1CCN(c2ccc(C(C)(F)F)cc2)CC1. The summed E-state index contributed by atoms with van der Waals surface area (Å²) < 4.78 is 26.1. The first kappa shape index (κ1) is 12.3. The lowest BCUT2D eigenvalue weighted by Crippen LogP contribution is -2.43. The molecule has 1 aromatic carbocycles. The second-order valence-electron chi connectivity index (χ2n) is 4.54. The van der Waals surface area contributed by atoms with E-state index < -0.39 is 5.92 Å². The van der Waals surface area contributed by atoms with Crippen molar-refractivity contribution < 1.29 is 8.78 Å². The van der Waals surface area contributed by atoms with Gasteiger partial charge in [0.25, 0.3) is 5.92 Å². The summed E-state index contributed by atoms with van der Waals surface area (Å²) in [5, 5.41) is 0. The first-order valence-electron chi connectivity index (χ1n) is 5.75. The van der Waals surface area contributed by atoms with Crippen molar-refractivity contribution in [2.45, 2.75) is 12.8 Å². The van der Waals surface area contributed by atoms with E-state index in [4.69, 9.17) is 0 Å². The van der Waals surface area contributed by atoms with Gasteiger partial charge in [0.2, 0.25) is 0 Å². The van der Waals surface area contributed by atoms with Crippen molar-refractivity contribution in [3.8, 4) is 0 Å². The van der Waals surface area contributed by atoms with Crippen LogP contribution in [-0.2, 0) is 5.92 Å². The van der Waals surface area contributed by atoms with Gasteiger partial charge >= 0.3 is 0 Å². The van der Waals surface area contributed by atoms with Crippen LogP contribution < -0.4 is 4.90 Å². The van der Waals surface area contributed by atoms with Crippen LogP contribution in [0.15, 0.2) is 24.3 Å². The minimum atomic E-state index is -2.76. The van der Waals surface area contributed by atoms with Crippen molar-refractivity contribution in [2.75, 3.05) is 31.1 Å². The van der Waals surface area contributed by atoms with Gasteiger partial charge in [0.15, 0.2) is 0 Å². The second-order valence-corrected chi connectivity index (χ2v) is 4.54. The molecule has 17 heavy (non-hydrogen) atoms. The maximum Gasteiger partial charge on any atom is 0.270 e. The summed E-state index contributed by atoms with van der Waals surface area (Å²) in [6, 6.07) is 6.55. The number of anilines is 1. The van der Waals surface area contributed by atoms with Crippen LogP contribution in [-0.4, -0.2) is 31.1 Å². The van der Waals surface area contributed by atoms with E-state index in [0.717, 1.165) is 38.8 Å². The highest BCUT2D eigenvalue weighted by molar-refractivity contribution is 5.48. The van der Waals surface area contributed by atoms with Crippen molar-refractivity contribution in [3.63, 3.8) is 0 Å². The lowest BCUT2D eigenvalue weighted by atomic mass is 10.1. The fraction of sp³-hybridized carbons (Fsp3) is 0.462. The minimum Gasteiger partial charge on any atom is -0.456 e. The van der Waals surface area contributed by atoms with Crippen LogP contribution in [0, 0.1) is 7.05 Å². The average Bonchev–Trinajstić information content (AvgIpc) is 2.29. The molecule has 0 radical (unpaired) electrons. The van der Waals surface area contributed by atoms with Crippen LogP contribution >= 0.6 is 0 Å². The normalized spacial score (nSPS) is 18.5. The highest BCUT2D eigenvalue weighted by Gasteiger charge is 2.24. The molecule has 2 rings (SSSR count). The van der Waals surface area contributed by atoms with Crippen LogP contribution in [0.5, 0.6) is 0 Å². The van der Waals surface area contributed by atoms with Crippen LogP contribution in [0.25, 0.3) is 0 Å². The van der Waals surface area contributed by atoms with E-state index in [1.54, 1.807) is 12.1 Å². The fourth-order valence-corrected chi connectivity index (χ4v) is 1.97. The van der Waals surface area contributed by atoms with Crippen molar-refractivity contribution in [1.82, 2.24) is 4.90 Å². The largest absolute Gasteiger partial charge is 0.456 e. The van der Waals surface area contributed by atoms with Gasteiger partial charge in [-0.05, 0) is 25.2 Å². The predicted molar refractivity (Wildman–Crippen MR) is 65.2 cm³/mol. The maximum atomic E-state index is 13.1. The zero-order valence-electron chi connectivity index (χ0n) is 10.00. The molecule has 0 aliphatic carbocycles. The van der Waals surface area contributed by atoms with Gasteiger partial charge in [0.05, 0.1) is 0 Å². The number of alkyl halides is 2. The molecule has 4 heteroatoms. The Hall–Kier alpha value is -1.16.